The van der Waals surface area contributed by atoms with E-state index in [9.17, 15) is 4.79 Å². The highest BCUT2D eigenvalue weighted by molar-refractivity contribution is 7.15. The molecule has 2 heterocycles. The fourth-order valence-electron chi connectivity index (χ4n) is 3.54. The number of thiazole rings is 1. The number of nitrogens with one attached hydrogen (secondary N) is 1. The van der Waals surface area contributed by atoms with E-state index in [2.05, 4.69) is 51.6 Å². The van der Waals surface area contributed by atoms with Crippen LogP contribution in [0.3, 0.4) is 0 Å². The van der Waals surface area contributed by atoms with Gasteiger partial charge < -0.3 is 5.32 Å². The first-order chi connectivity index (χ1) is 12.7. The number of hydrogen-bond acceptors (Lipinski definition) is 4. The van der Waals surface area contributed by atoms with Gasteiger partial charge in [0.1, 0.15) is 0 Å². The van der Waals surface area contributed by atoms with E-state index in [0.717, 1.165) is 38.9 Å². The lowest BCUT2D eigenvalue weighted by atomic mass is 9.99. The van der Waals surface area contributed by atoms with Crippen LogP contribution in [-0.4, -0.2) is 28.9 Å². The molecule has 0 atom stereocenters. The molecule has 1 aromatic carbocycles. The summed E-state index contributed by atoms with van der Waals surface area (Å²) in [7, 11) is 0. The van der Waals surface area contributed by atoms with Crippen LogP contribution >= 0.6 is 11.3 Å². The van der Waals surface area contributed by atoms with Crippen LogP contribution in [-0.2, 0) is 17.8 Å². The minimum atomic E-state index is -0.0688. The van der Waals surface area contributed by atoms with Gasteiger partial charge in [0.05, 0.1) is 0 Å². The number of aromatic nitrogens is 1. The molecule has 1 aromatic heterocycles. The average molecular weight is 366 g/mol. The van der Waals surface area contributed by atoms with Gasteiger partial charge in [-0.05, 0) is 42.0 Å². The number of amides is 1. The predicted molar refractivity (Wildman–Crippen MR) is 108 cm³/mol. The molecule has 4 nitrogen and oxygen atoms in total. The Morgan fingerprint density at radius 2 is 2.19 bits per heavy atom. The van der Waals surface area contributed by atoms with E-state index in [1.807, 2.05) is 6.20 Å². The van der Waals surface area contributed by atoms with Gasteiger partial charge in [-0.15, -0.1) is 11.3 Å². The Bertz CT molecular complexity index is 871. The predicted octanol–water partition coefficient (Wildman–Crippen LogP) is 4.35. The van der Waals surface area contributed by atoms with Gasteiger partial charge in [-0.25, -0.2) is 4.98 Å². The van der Waals surface area contributed by atoms with Crippen molar-refractivity contribution in [3.05, 3.63) is 57.6 Å². The van der Waals surface area contributed by atoms with Crippen molar-refractivity contribution in [3.63, 3.8) is 0 Å². The molecule has 1 aliphatic carbocycles. The second-order valence-corrected chi connectivity index (χ2v) is 8.07. The number of rotatable bonds is 4. The highest BCUT2D eigenvalue weighted by Crippen LogP contribution is 2.26. The third-order valence-electron chi connectivity index (χ3n) is 4.89. The maximum atomic E-state index is 11.1. The van der Waals surface area contributed by atoms with E-state index >= 15 is 0 Å². The third kappa shape index (κ3) is 4.11. The summed E-state index contributed by atoms with van der Waals surface area (Å²) in [4.78, 5) is 19.0. The molecule has 0 spiro atoms. The van der Waals surface area contributed by atoms with Gasteiger partial charge in [0.2, 0.25) is 5.91 Å². The zero-order chi connectivity index (χ0) is 17.9. The normalized spacial score (nSPS) is 16.6. The quantitative estimate of drug-likeness (QED) is 0.876. The number of anilines is 1. The summed E-state index contributed by atoms with van der Waals surface area (Å²) in [6.45, 7) is 4.57. The largest absolute Gasteiger partial charge is 0.302 e. The summed E-state index contributed by atoms with van der Waals surface area (Å²) in [6.07, 6.45) is 12.0. The first kappa shape index (κ1) is 17.2. The molecule has 134 valence electrons. The van der Waals surface area contributed by atoms with Crippen molar-refractivity contribution in [1.82, 2.24) is 9.88 Å². The van der Waals surface area contributed by atoms with Crippen molar-refractivity contribution in [2.75, 3.05) is 18.4 Å². The van der Waals surface area contributed by atoms with Crippen LogP contribution in [0.1, 0.15) is 41.3 Å². The third-order valence-corrected chi connectivity index (χ3v) is 5.79. The van der Waals surface area contributed by atoms with Crippen LogP contribution in [0.4, 0.5) is 5.13 Å². The van der Waals surface area contributed by atoms with Crippen molar-refractivity contribution >= 4 is 34.5 Å². The Morgan fingerprint density at radius 1 is 1.35 bits per heavy atom. The molecule has 26 heavy (non-hydrogen) atoms. The Labute approximate surface area is 158 Å². The molecule has 5 heteroatoms. The number of piperidine rings is 1. The smallest absolute Gasteiger partial charge is 0.223 e. The molecular weight excluding hydrogens is 342 g/mol. The van der Waals surface area contributed by atoms with Gasteiger partial charge >= 0.3 is 0 Å². The number of fused-ring (bicyclic) bond motifs is 1. The summed E-state index contributed by atoms with van der Waals surface area (Å²) in [5.41, 5.74) is 5.66. The van der Waals surface area contributed by atoms with Gasteiger partial charge in [-0.2, -0.15) is 0 Å². The SMILES string of the molecule is CC(=O)Nc1ncc(CN2CCC(=Cc3ccc4c(c3)C=CC4)CC2)s1. The van der Waals surface area contributed by atoms with E-state index in [1.54, 1.807) is 11.3 Å². The Balaban J connectivity index is 1.33. The molecule has 2 aliphatic rings. The van der Waals surface area contributed by atoms with Gasteiger partial charge in [-0.3, -0.25) is 9.69 Å². The Kier molecular flexibility index (Phi) is 5.00. The molecule has 2 aromatic rings. The molecular formula is C21H23N3OS. The van der Waals surface area contributed by atoms with Crippen molar-refractivity contribution in [1.29, 1.82) is 0 Å². The molecule has 1 N–H and O–H groups in total. The first-order valence-electron chi connectivity index (χ1n) is 9.09. The number of likely N-dealkylation sites (tertiary alicyclic amines) is 1. The van der Waals surface area contributed by atoms with Crippen LogP contribution in [0.25, 0.3) is 12.2 Å². The van der Waals surface area contributed by atoms with E-state index < -0.39 is 0 Å². The van der Waals surface area contributed by atoms with Crippen LogP contribution < -0.4 is 5.32 Å². The lowest BCUT2D eigenvalue weighted by Gasteiger charge is -2.27. The van der Waals surface area contributed by atoms with Crippen molar-refractivity contribution in [3.8, 4) is 0 Å². The van der Waals surface area contributed by atoms with Crippen LogP contribution in [0.2, 0.25) is 0 Å². The molecule has 1 aliphatic heterocycles. The second kappa shape index (κ2) is 7.56. The topological polar surface area (TPSA) is 45.2 Å². The van der Waals surface area contributed by atoms with Gasteiger partial charge in [0, 0.05) is 37.6 Å². The zero-order valence-electron chi connectivity index (χ0n) is 15.0. The highest BCUT2D eigenvalue weighted by Gasteiger charge is 2.16. The number of nitrogens with zero attached hydrogens (tertiary/aromatic N) is 2. The molecule has 1 fully saturated rings. The molecule has 0 radical (unpaired) electrons. The average Bonchev–Trinajstić information content (AvgIpc) is 3.25. The number of hydrogen-bond donors (Lipinski definition) is 1. The lowest BCUT2D eigenvalue weighted by molar-refractivity contribution is -0.114. The summed E-state index contributed by atoms with van der Waals surface area (Å²) >= 11 is 1.56. The minimum absolute atomic E-state index is 0.0688. The summed E-state index contributed by atoms with van der Waals surface area (Å²) in [5.74, 6) is -0.0688. The standard InChI is InChI=1S/C21H23N3OS/c1-15(25)23-21-22-13-20(26-21)14-24-9-7-16(8-10-24)11-17-5-6-18-3-2-4-19(18)12-17/h2,4-6,11-13H,3,7-10,14H2,1H3,(H,22,23,25). The van der Waals surface area contributed by atoms with E-state index in [4.69, 9.17) is 0 Å². The second-order valence-electron chi connectivity index (χ2n) is 6.96. The molecule has 0 saturated carbocycles. The molecule has 1 saturated heterocycles. The summed E-state index contributed by atoms with van der Waals surface area (Å²) < 4.78 is 0. The van der Waals surface area contributed by atoms with Gasteiger partial charge in [0.25, 0.3) is 0 Å². The maximum Gasteiger partial charge on any atom is 0.223 e. The van der Waals surface area contributed by atoms with E-state index in [1.165, 1.54) is 34.1 Å². The number of allylic oxidation sites excluding steroid dienone is 1. The van der Waals surface area contributed by atoms with Crippen molar-refractivity contribution in [2.24, 2.45) is 0 Å². The summed E-state index contributed by atoms with van der Waals surface area (Å²) in [6, 6.07) is 6.80. The number of carbonyl (C=O) groups excluding carboxylic acids is 1. The molecule has 1 amide bonds. The fourth-order valence-corrected chi connectivity index (χ4v) is 4.45. The lowest BCUT2D eigenvalue weighted by Crippen LogP contribution is -2.29. The number of carbonyl (C=O) groups is 1. The van der Waals surface area contributed by atoms with Gasteiger partial charge in [-0.1, -0.05) is 35.9 Å². The van der Waals surface area contributed by atoms with Crippen molar-refractivity contribution < 1.29 is 4.79 Å². The Hall–Kier alpha value is -2.24. The van der Waals surface area contributed by atoms with E-state index in [-0.39, 0.29) is 5.91 Å². The van der Waals surface area contributed by atoms with Crippen LogP contribution in [0.5, 0.6) is 0 Å². The van der Waals surface area contributed by atoms with Crippen LogP contribution in [0, 0.1) is 0 Å². The van der Waals surface area contributed by atoms with Gasteiger partial charge in [0.15, 0.2) is 5.13 Å². The monoisotopic (exact) mass is 365 g/mol. The van der Waals surface area contributed by atoms with Crippen LogP contribution in [0.15, 0.2) is 36.0 Å². The van der Waals surface area contributed by atoms with E-state index in [0.29, 0.717) is 5.13 Å². The molecule has 4 rings (SSSR count). The first-order valence-corrected chi connectivity index (χ1v) is 9.91. The number of benzene rings is 1. The highest BCUT2D eigenvalue weighted by atomic mass is 32.1. The fraction of sp³-hybridized carbons (Fsp3) is 0.333. The maximum absolute atomic E-state index is 11.1. The summed E-state index contributed by atoms with van der Waals surface area (Å²) in [5, 5.41) is 3.44. The molecule has 0 bridgehead atoms. The molecule has 0 unspecified atom stereocenters. The van der Waals surface area contributed by atoms with Crippen molar-refractivity contribution in [2.45, 2.75) is 32.7 Å². The Morgan fingerprint density at radius 3 is 3.00 bits per heavy atom. The zero-order valence-corrected chi connectivity index (χ0v) is 15.8. The minimum Gasteiger partial charge on any atom is -0.302 e.